The number of unbranched alkanes of at least 4 members (excludes halogenated alkanes) is 59. The number of rotatable bonds is 93. The van der Waals surface area contributed by atoms with Gasteiger partial charge in [-0.2, -0.15) is 0 Å². The summed E-state index contributed by atoms with van der Waals surface area (Å²) >= 11 is 0. The van der Waals surface area contributed by atoms with Crippen molar-refractivity contribution in [3.8, 4) is 0 Å². The van der Waals surface area contributed by atoms with Crippen LogP contribution in [0, 0.1) is 17.8 Å². The molecular weight excluding hydrogens is 1470 g/mol. The summed E-state index contributed by atoms with van der Waals surface area (Å²) in [7, 11) is -9.94. The van der Waals surface area contributed by atoms with E-state index in [9.17, 15) is 43.2 Å². The number of hydrogen-bond donors (Lipinski definition) is 3. The maximum Gasteiger partial charge on any atom is 0.472 e. The van der Waals surface area contributed by atoms with Gasteiger partial charge < -0.3 is 33.8 Å². The molecule has 0 spiro atoms. The number of aliphatic hydroxyl groups is 1. The third-order valence-corrected chi connectivity index (χ3v) is 25.0. The average molecular weight is 1660 g/mol. The highest BCUT2D eigenvalue weighted by atomic mass is 31.2. The van der Waals surface area contributed by atoms with Crippen molar-refractivity contribution < 1.29 is 80.2 Å². The van der Waals surface area contributed by atoms with Gasteiger partial charge in [0.25, 0.3) is 0 Å². The van der Waals surface area contributed by atoms with Crippen LogP contribution in [0.25, 0.3) is 0 Å². The Morgan fingerprint density at radius 2 is 0.447 bits per heavy atom. The number of aliphatic hydroxyl groups excluding tert-OH is 1. The highest BCUT2D eigenvalue weighted by molar-refractivity contribution is 7.47. The standard InChI is InChI=1S/C95H186O17P2/c1-8-11-12-13-14-15-16-17-18-19-20-21-22-23-27-30-36-41-48-55-62-69-76-92(97)105-82-90(111-94(99)78-71-64-57-49-42-37-31-28-25-24-26-29-34-39-46-53-60-67-74-87(6)9-2)84-109-113(101,102)107-80-89(96)81-108-114(103,104)110-85-91(83-106-93(98)77-70-63-56-51-44-45-52-59-66-73-86(4)5)112-95(100)79-72-65-58-50-43-38-33-32-35-40-47-54-61-68-75-88(7)10-3/h86-91,96H,8-85H2,1-7H3,(H,101,102)(H,103,104)/t87?,88?,89-,90-,91-/m1/s1. The number of carbonyl (C=O) groups excluding carboxylic acids is 4. The number of ether oxygens (including phenoxy) is 4. The second-order valence-corrected chi connectivity index (χ2v) is 38.0. The SMILES string of the molecule is CCCCCCCCCCCCCCCCCCCCCCCCC(=O)OC[C@H](COP(=O)(O)OC[C@@H](O)COP(=O)(O)OC[C@@H](COC(=O)CCCCCCCCCCCC(C)C)OC(=O)CCCCCCCCCCCCCCCCC(C)CC)OC(=O)CCCCCCCCCCCCCCCCCCCCC(C)CC. The van der Waals surface area contributed by atoms with Crippen molar-refractivity contribution in [3.05, 3.63) is 0 Å². The van der Waals surface area contributed by atoms with E-state index in [4.69, 9.17) is 37.0 Å². The van der Waals surface area contributed by atoms with Crippen molar-refractivity contribution in [1.29, 1.82) is 0 Å². The van der Waals surface area contributed by atoms with Gasteiger partial charge in [-0.3, -0.25) is 37.3 Å². The first-order valence-corrected chi connectivity index (χ1v) is 51.9. The van der Waals surface area contributed by atoms with Gasteiger partial charge in [0, 0.05) is 25.7 Å². The first kappa shape index (κ1) is 112. The number of phosphoric ester groups is 2. The summed E-state index contributed by atoms with van der Waals surface area (Å²) in [6, 6.07) is 0. The molecule has 0 heterocycles. The molecule has 0 aromatic heterocycles. The lowest BCUT2D eigenvalue weighted by molar-refractivity contribution is -0.161. The summed E-state index contributed by atoms with van der Waals surface area (Å²) in [6.07, 6.45) is 79.3. The van der Waals surface area contributed by atoms with Crippen LogP contribution in [-0.2, 0) is 65.4 Å². The third kappa shape index (κ3) is 85.1. The topological polar surface area (TPSA) is 237 Å². The smallest absolute Gasteiger partial charge is 0.462 e. The molecule has 678 valence electrons. The van der Waals surface area contributed by atoms with Crippen LogP contribution < -0.4 is 0 Å². The third-order valence-electron chi connectivity index (χ3n) is 23.1. The normalized spacial score (nSPS) is 14.2. The van der Waals surface area contributed by atoms with Gasteiger partial charge in [-0.1, -0.05) is 459 Å². The number of carbonyl (C=O) groups is 4. The van der Waals surface area contributed by atoms with Gasteiger partial charge in [-0.15, -0.1) is 0 Å². The zero-order chi connectivity index (χ0) is 83.6. The Hall–Kier alpha value is -1.94. The predicted octanol–water partition coefficient (Wildman–Crippen LogP) is 29.6. The van der Waals surface area contributed by atoms with Gasteiger partial charge in [0.1, 0.15) is 19.3 Å². The van der Waals surface area contributed by atoms with Gasteiger partial charge in [0.05, 0.1) is 26.4 Å². The van der Waals surface area contributed by atoms with Gasteiger partial charge in [0.15, 0.2) is 12.2 Å². The molecular formula is C95H186O17P2. The molecule has 0 aliphatic rings. The van der Waals surface area contributed by atoms with Gasteiger partial charge in [-0.05, 0) is 43.4 Å². The van der Waals surface area contributed by atoms with Crippen LogP contribution in [0.5, 0.6) is 0 Å². The number of phosphoric acid groups is 2. The first-order chi connectivity index (χ1) is 55.3. The molecule has 0 aromatic rings. The monoisotopic (exact) mass is 1660 g/mol. The Bertz CT molecular complexity index is 2190. The molecule has 3 N–H and O–H groups in total. The fourth-order valence-corrected chi connectivity index (χ4v) is 16.5. The van der Waals surface area contributed by atoms with Crippen molar-refractivity contribution in [3.63, 3.8) is 0 Å². The molecule has 114 heavy (non-hydrogen) atoms. The van der Waals surface area contributed by atoms with Crippen molar-refractivity contribution in [2.45, 2.75) is 529 Å². The molecule has 0 bridgehead atoms. The summed E-state index contributed by atoms with van der Waals surface area (Å²) < 4.78 is 69.2. The van der Waals surface area contributed by atoms with E-state index in [0.29, 0.717) is 25.7 Å². The lowest BCUT2D eigenvalue weighted by Gasteiger charge is -2.21. The van der Waals surface area contributed by atoms with Crippen LogP contribution in [0.2, 0.25) is 0 Å². The largest absolute Gasteiger partial charge is 0.472 e. The van der Waals surface area contributed by atoms with E-state index in [0.717, 1.165) is 108 Å². The summed E-state index contributed by atoms with van der Waals surface area (Å²) in [5.41, 5.74) is 0. The zero-order valence-corrected chi connectivity index (χ0v) is 77.4. The second kappa shape index (κ2) is 84.7. The molecule has 0 rings (SSSR count). The van der Waals surface area contributed by atoms with Gasteiger partial charge in [0.2, 0.25) is 0 Å². The minimum atomic E-state index is -4.97. The maximum absolute atomic E-state index is 13.2. The van der Waals surface area contributed by atoms with Crippen LogP contribution in [0.15, 0.2) is 0 Å². The van der Waals surface area contributed by atoms with E-state index >= 15 is 0 Å². The highest BCUT2D eigenvalue weighted by Gasteiger charge is 2.31. The quantitative estimate of drug-likeness (QED) is 0.0222. The van der Waals surface area contributed by atoms with Crippen molar-refractivity contribution in [2.24, 2.45) is 17.8 Å². The molecule has 0 aliphatic heterocycles. The first-order valence-electron chi connectivity index (χ1n) is 48.9. The predicted molar refractivity (Wildman–Crippen MR) is 474 cm³/mol. The number of hydrogen-bond acceptors (Lipinski definition) is 15. The molecule has 0 saturated heterocycles. The lowest BCUT2D eigenvalue weighted by atomic mass is 9.99. The Morgan fingerprint density at radius 1 is 0.254 bits per heavy atom. The van der Waals surface area contributed by atoms with E-state index in [1.165, 1.54) is 321 Å². The highest BCUT2D eigenvalue weighted by Crippen LogP contribution is 2.45. The van der Waals surface area contributed by atoms with Crippen molar-refractivity contribution >= 4 is 39.5 Å². The van der Waals surface area contributed by atoms with Crippen molar-refractivity contribution in [2.75, 3.05) is 39.6 Å². The van der Waals surface area contributed by atoms with E-state index < -0.39 is 97.5 Å². The molecule has 0 aromatic carbocycles. The molecule has 0 amide bonds. The van der Waals surface area contributed by atoms with Gasteiger partial charge >= 0.3 is 39.5 Å². The van der Waals surface area contributed by atoms with E-state index in [1.54, 1.807) is 0 Å². The van der Waals surface area contributed by atoms with Crippen molar-refractivity contribution in [1.82, 2.24) is 0 Å². The second-order valence-electron chi connectivity index (χ2n) is 35.1. The fraction of sp³-hybridized carbons (Fsp3) is 0.958. The van der Waals surface area contributed by atoms with Crippen LogP contribution in [0.3, 0.4) is 0 Å². The maximum atomic E-state index is 13.2. The van der Waals surface area contributed by atoms with Gasteiger partial charge in [-0.25, -0.2) is 9.13 Å². The summed E-state index contributed by atoms with van der Waals surface area (Å²) in [4.78, 5) is 73.6. The number of esters is 4. The zero-order valence-electron chi connectivity index (χ0n) is 75.6. The average Bonchev–Trinajstić information content (AvgIpc) is 0.897. The minimum absolute atomic E-state index is 0.108. The molecule has 0 radical (unpaired) electrons. The summed E-state index contributed by atoms with van der Waals surface area (Å²) in [5.74, 6) is 0.365. The molecule has 0 aliphatic carbocycles. The van der Waals surface area contributed by atoms with E-state index in [1.807, 2.05) is 0 Å². The van der Waals surface area contributed by atoms with Crippen LogP contribution >= 0.6 is 15.6 Å². The summed E-state index contributed by atoms with van der Waals surface area (Å²) in [6.45, 7) is 12.1. The Kier molecular flexibility index (Phi) is 83.2. The van der Waals surface area contributed by atoms with E-state index in [2.05, 4.69) is 48.5 Å². The van der Waals surface area contributed by atoms with Crippen LogP contribution in [0.1, 0.15) is 511 Å². The van der Waals surface area contributed by atoms with Crippen LogP contribution in [0.4, 0.5) is 0 Å². The molecule has 0 fully saturated rings. The molecule has 7 atom stereocenters. The van der Waals surface area contributed by atoms with Crippen LogP contribution in [-0.4, -0.2) is 96.7 Å². The molecule has 0 saturated carbocycles. The molecule has 17 nitrogen and oxygen atoms in total. The van der Waals surface area contributed by atoms with E-state index in [-0.39, 0.29) is 25.7 Å². The lowest BCUT2D eigenvalue weighted by Crippen LogP contribution is -2.30. The molecule has 19 heteroatoms. The molecule has 4 unspecified atom stereocenters. The fourth-order valence-electron chi connectivity index (χ4n) is 14.9. The minimum Gasteiger partial charge on any atom is -0.462 e. The Balaban J connectivity index is 5.24. The Labute approximate surface area is 702 Å². The summed E-state index contributed by atoms with van der Waals surface area (Å²) in [5, 5.41) is 10.7. The Morgan fingerprint density at radius 3 is 0.667 bits per heavy atom.